The molecule has 2 aromatic rings. The number of methoxy groups -OCH3 is 1. The highest BCUT2D eigenvalue weighted by atomic mass is 28.3. The van der Waals surface area contributed by atoms with Crippen molar-refractivity contribution in [3.63, 3.8) is 0 Å². The molecule has 0 saturated heterocycles. The number of nitrogens with zero attached hydrogens (tertiary/aromatic N) is 1. The molecule has 5 nitrogen and oxygen atoms in total. The molecule has 6 heteroatoms. The molecule has 0 bridgehead atoms. The molecule has 0 aliphatic rings. The van der Waals surface area contributed by atoms with E-state index < -0.39 is 9.04 Å². The van der Waals surface area contributed by atoms with Crippen LogP contribution in [0.25, 0.3) is 10.9 Å². The van der Waals surface area contributed by atoms with Crippen LogP contribution in [0.5, 0.6) is 5.75 Å². The molecular formula is C20H28NO4Si. The molecule has 0 saturated carbocycles. The number of benzene rings is 1. The molecule has 0 atom stereocenters. The van der Waals surface area contributed by atoms with E-state index in [9.17, 15) is 4.79 Å². The van der Waals surface area contributed by atoms with E-state index in [1.54, 1.807) is 7.11 Å². The Bertz CT molecular complexity index is 797. The monoisotopic (exact) mass is 374 g/mol. The van der Waals surface area contributed by atoms with E-state index in [2.05, 4.69) is 51.0 Å². The van der Waals surface area contributed by atoms with E-state index in [4.69, 9.17) is 13.9 Å². The summed E-state index contributed by atoms with van der Waals surface area (Å²) < 4.78 is 16.9. The van der Waals surface area contributed by atoms with Crippen molar-refractivity contribution >= 4 is 26.2 Å². The van der Waals surface area contributed by atoms with Crippen LogP contribution >= 0.6 is 0 Å². The first kappa shape index (κ1) is 20.5. The van der Waals surface area contributed by atoms with Crippen molar-refractivity contribution in [1.82, 2.24) is 4.98 Å². The first-order valence-electron chi connectivity index (χ1n) is 8.67. The highest BCUT2D eigenvalue weighted by Gasteiger charge is 2.24. The Hall–Kier alpha value is -1.76. The second kappa shape index (κ2) is 8.29. The van der Waals surface area contributed by atoms with Crippen LogP contribution in [0, 0.1) is 6.92 Å². The lowest BCUT2D eigenvalue weighted by Gasteiger charge is -2.24. The number of carbonyl (C=O) groups is 1. The first-order chi connectivity index (χ1) is 12.2. The van der Waals surface area contributed by atoms with Crippen LogP contribution in [-0.2, 0) is 21.2 Å². The third-order valence-corrected chi connectivity index (χ3v) is 4.93. The van der Waals surface area contributed by atoms with Crippen LogP contribution in [-0.4, -0.2) is 34.2 Å². The molecule has 26 heavy (non-hydrogen) atoms. The number of rotatable bonds is 7. The summed E-state index contributed by atoms with van der Waals surface area (Å²) >= 11 is 0. The zero-order valence-electron chi connectivity index (χ0n) is 16.7. The van der Waals surface area contributed by atoms with Gasteiger partial charge >= 0.3 is 0 Å². The van der Waals surface area contributed by atoms with Gasteiger partial charge in [0.1, 0.15) is 11.4 Å². The zero-order valence-corrected chi connectivity index (χ0v) is 17.7. The summed E-state index contributed by atoms with van der Waals surface area (Å²) in [5.41, 5.74) is 3.86. The van der Waals surface area contributed by atoms with Crippen molar-refractivity contribution in [2.75, 3.05) is 13.9 Å². The van der Waals surface area contributed by atoms with Gasteiger partial charge in [0, 0.05) is 18.1 Å². The summed E-state index contributed by atoms with van der Waals surface area (Å²) in [5.74, 6) is 0.643. The number of pyridine rings is 1. The van der Waals surface area contributed by atoms with E-state index in [-0.39, 0.29) is 12.2 Å². The maximum atomic E-state index is 11.6. The van der Waals surface area contributed by atoms with Crippen LogP contribution < -0.4 is 4.74 Å². The fourth-order valence-corrected chi connectivity index (χ4v) is 3.32. The van der Waals surface area contributed by atoms with Gasteiger partial charge in [-0.15, -0.1) is 0 Å². The normalized spacial score (nSPS) is 12.0. The minimum absolute atomic E-state index is 0.106. The lowest BCUT2D eigenvalue weighted by Crippen LogP contribution is -2.15. The molecule has 141 valence electrons. The van der Waals surface area contributed by atoms with Gasteiger partial charge in [-0.05, 0) is 36.6 Å². The van der Waals surface area contributed by atoms with Crippen molar-refractivity contribution in [3.8, 4) is 5.75 Å². The Balaban J connectivity index is 2.84. The zero-order chi connectivity index (χ0) is 19.5. The van der Waals surface area contributed by atoms with Crippen molar-refractivity contribution < 1.29 is 18.7 Å². The summed E-state index contributed by atoms with van der Waals surface area (Å²) in [4.78, 5) is 16.3. The summed E-state index contributed by atoms with van der Waals surface area (Å²) in [5, 5.41) is 0.904. The summed E-state index contributed by atoms with van der Waals surface area (Å²) in [6, 6.07) is 4.16. The Morgan fingerprint density at radius 3 is 2.46 bits per heavy atom. The van der Waals surface area contributed by atoms with E-state index >= 15 is 0 Å². The second-order valence-corrected chi connectivity index (χ2v) is 9.67. The topological polar surface area (TPSA) is 57.7 Å². The molecule has 0 aliphatic heterocycles. The molecule has 1 aromatic heterocycles. The lowest BCUT2D eigenvalue weighted by molar-refractivity contribution is 0.0515. The van der Waals surface area contributed by atoms with Gasteiger partial charge in [0.2, 0.25) is 9.04 Å². The number of ether oxygens (including phenoxy) is 2. The van der Waals surface area contributed by atoms with Gasteiger partial charge < -0.3 is 13.9 Å². The molecule has 0 fully saturated rings. The van der Waals surface area contributed by atoms with Gasteiger partial charge in [-0.2, -0.15) is 0 Å². The van der Waals surface area contributed by atoms with Crippen LogP contribution in [0.4, 0.5) is 0 Å². The predicted molar refractivity (Wildman–Crippen MR) is 105 cm³/mol. The van der Waals surface area contributed by atoms with Crippen molar-refractivity contribution in [1.29, 1.82) is 0 Å². The Labute approximate surface area is 157 Å². The third-order valence-electron chi connectivity index (χ3n) is 4.21. The summed E-state index contributed by atoms with van der Waals surface area (Å²) in [6.45, 7) is 13.1. The van der Waals surface area contributed by atoms with Gasteiger partial charge in [-0.25, -0.2) is 4.98 Å². The first-order valence-corrected chi connectivity index (χ1v) is 11.1. The third kappa shape index (κ3) is 4.31. The van der Waals surface area contributed by atoms with E-state index in [1.807, 2.05) is 6.92 Å². The molecule has 0 unspecified atom stereocenters. The van der Waals surface area contributed by atoms with Crippen LogP contribution in [0.3, 0.4) is 0 Å². The lowest BCUT2D eigenvalue weighted by atomic mass is 9.84. The minimum atomic E-state index is -0.832. The largest absolute Gasteiger partial charge is 0.466 e. The molecule has 0 N–H and O–H groups in total. The molecule has 0 spiro atoms. The van der Waals surface area contributed by atoms with Crippen LogP contribution in [0.15, 0.2) is 12.1 Å². The highest BCUT2D eigenvalue weighted by molar-refractivity contribution is 6.48. The number of aromatic nitrogens is 1. The van der Waals surface area contributed by atoms with E-state index in [1.165, 1.54) is 0 Å². The van der Waals surface area contributed by atoms with Gasteiger partial charge in [0.05, 0.1) is 12.1 Å². The average Bonchev–Trinajstić information content (AvgIpc) is 2.57. The van der Waals surface area contributed by atoms with Gasteiger partial charge in [-0.1, -0.05) is 32.9 Å². The minimum Gasteiger partial charge on any atom is -0.466 e. The molecule has 0 amide bonds. The molecule has 1 aromatic carbocycles. The number of carbonyl (C=O) groups excluding carboxylic acids is 1. The van der Waals surface area contributed by atoms with Crippen molar-refractivity contribution in [3.05, 3.63) is 34.5 Å². The molecule has 1 heterocycles. The average molecular weight is 375 g/mol. The standard InChI is InChI=1S/C20H28NO4Si/c1-13-16(10-22)21-18-15(20(2,3)4)9-8-14(11-25-26(6)7)17(18)19(13)24-12-23-5/h8-10H,11-12H2,1-7H3. The van der Waals surface area contributed by atoms with Gasteiger partial charge in [-0.3, -0.25) is 4.79 Å². The number of aldehydes is 1. The van der Waals surface area contributed by atoms with Crippen LogP contribution in [0.1, 0.15) is 48.0 Å². The van der Waals surface area contributed by atoms with Gasteiger partial charge in [0.25, 0.3) is 0 Å². The smallest absolute Gasteiger partial charge is 0.205 e. The van der Waals surface area contributed by atoms with Crippen molar-refractivity contribution in [2.24, 2.45) is 0 Å². The summed E-state index contributed by atoms with van der Waals surface area (Å²) in [6.07, 6.45) is 0.781. The Kier molecular flexibility index (Phi) is 6.55. The van der Waals surface area contributed by atoms with Crippen molar-refractivity contribution in [2.45, 2.75) is 52.8 Å². The quantitative estimate of drug-likeness (QED) is 0.408. The second-order valence-electron chi connectivity index (χ2n) is 7.56. The number of hydrogen-bond acceptors (Lipinski definition) is 5. The maximum Gasteiger partial charge on any atom is 0.205 e. The Morgan fingerprint density at radius 2 is 1.92 bits per heavy atom. The van der Waals surface area contributed by atoms with Crippen LogP contribution in [0.2, 0.25) is 13.1 Å². The molecule has 1 radical (unpaired) electrons. The highest BCUT2D eigenvalue weighted by Crippen LogP contribution is 2.38. The molecular weight excluding hydrogens is 346 g/mol. The van der Waals surface area contributed by atoms with E-state index in [0.717, 1.165) is 33.9 Å². The van der Waals surface area contributed by atoms with E-state index in [0.29, 0.717) is 18.1 Å². The fraction of sp³-hybridized carbons (Fsp3) is 0.500. The summed E-state index contributed by atoms with van der Waals surface area (Å²) in [7, 11) is 0.744. The fourth-order valence-electron chi connectivity index (χ4n) is 2.87. The predicted octanol–water partition coefficient (Wildman–Crippen LogP) is 4.40. The Morgan fingerprint density at radius 1 is 1.23 bits per heavy atom. The van der Waals surface area contributed by atoms with Gasteiger partial charge in [0.15, 0.2) is 13.1 Å². The maximum absolute atomic E-state index is 11.6. The number of hydrogen-bond donors (Lipinski definition) is 0. The SMILES string of the molecule is COCOc1c(C)c(C=O)nc2c(C(C)(C)C)ccc(CO[Si](C)C)c12. The molecule has 2 rings (SSSR count). The molecule has 0 aliphatic carbocycles. The number of fused-ring (bicyclic) bond motifs is 1.